The van der Waals surface area contributed by atoms with Crippen LogP contribution in [-0.2, 0) is 11.8 Å². The highest BCUT2D eigenvalue weighted by Gasteiger charge is 2.26. The zero-order chi connectivity index (χ0) is 22.9. The molecule has 4 rings (SSSR count). The molecule has 32 heavy (non-hydrogen) atoms. The summed E-state index contributed by atoms with van der Waals surface area (Å²) in [6.07, 6.45) is 1.10. The van der Waals surface area contributed by atoms with Gasteiger partial charge in [0.15, 0.2) is 0 Å². The van der Waals surface area contributed by atoms with Crippen LogP contribution in [0.1, 0.15) is 53.9 Å². The number of amides is 1. The molecule has 5 heteroatoms. The van der Waals surface area contributed by atoms with Gasteiger partial charge in [0.05, 0.1) is 6.04 Å². The number of fused-ring (bicyclic) bond motifs is 1. The average molecular weight is 435 g/mol. The number of anilines is 1. The Morgan fingerprint density at radius 1 is 0.969 bits per heavy atom. The van der Waals surface area contributed by atoms with E-state index in [9.17, 15) is 4.79 Å². The maximum absolute atomic E-state index is 13.0. The Kier molecular flexibility index (Phi) is 6.59. The lowest BCUT2D eigenvalue weighted by Gasteiger charge is -2.38. The van der Waals surface area contributed by atoms with Gasteiger partial charge in [-0.3, -0.25) is 9.69 Å². The molecule has 2 aromatic carbocycles. The molecule has 2 heterocycles. The maximum atomic E-state index is 13.0. The van der Waals surface area contributed by atoms with Gasteiger partial charge in [-0.05, 0) is 53.8 Å². The van der Waals surface area contributed by atoms with Crippen LogP contribution in [0.25, 0.3) is 0 Å². The SMILES string of the molecule is CN1CCN(C(CNC(=O)c2ccc(C(C)(C)C)cc2)c2ccc3c(c2)CCN3C)CC1. The number of piperazine rings is 1. The molecule has 2 aromatic rings. The number of hydrogen-bond acceptors (Lipinski definition) is 4. The molecule has 1 N–H and O–H groups in total. The average Bonchev–Trinajstić information content (AvgIpc) is 3.14. The highest BCUT2D eigenvalue weighted by molar-refractivity contribution is 5.94. The molecular weight excluding hydrogens is 396 g/mol. The van der Waals surface area contributed by atoms with Crippen LogP contribution < -0.4 is 10.2 Å². The van der Waals surface area contributed by atoms with Crippen molar-refractivity contribution >= 4 is 11.6 Å². The summed E-state index contributed by atoms with van der Waals surface area (Å²) in [6.45, 7) is 12.4. The smallest absolute Gasteiger partial charge is 0.251 e. The third kappa shape index (κ3) is 5.00. The number of carbonyl (C=O) groups excluding carboxylic acids is 1. The van der Waals surface area contributed by atoms with Crippen molar-refractivity contribution < 1.29 is 4.79 Å². The van der Waals surface area contributed by atoms with Crippen molar-refractivity contribution in [1.29, 1.82) is 0 Å². The first-order valence-corrected chi connectivity index (χ1v) is 11.9. The third-order valence-electron chi connectivity index (χ3n) is 7.06. The second kappa shape index (κ2) is 9.24. The van der Waals surface area contributed by atoms with Crippen LogP contribution in [-0.4, -0.2) is 69.1 Å². The van der Waals surface area contributed by atoms with Crippen molar-refractivity contribution in [2.24, 2.45) is 0 Å². The molecule has 0 saturated carbocycles. The first kappa shape index (κ1) is 22.8. The Bertz CT molecular complexity index is 939. The second-order valence-electron chi connectivity index (χ2n) is 10.5. The lowest BCUT2D eigenvalue weighted by molar-refractivity contribution is 0.0886. The first-order chi connectivity index (χ1) is 15.2. The van der Waals surface area contributed by atoms with Gasteiger partial charge in [-0.2, -0.15) is 0 Å². The summed E-state index contributed by atoms with van der Waals surface area (Å²) < 4.78 is 0. The number of rotatable bonds is 5. The Balaban J connectivity index is 1.50. The van der Waals surface area contributed by atoms with E-state index in [4.69, 9.17) is 0 Å². The highest BCUT2D eigenvalue weighted by atomic mass is 16.1. The Labute approximate surface area is 193 Å². The Morgan fingerprint density at radius 3 is 2.31 bits per heavy atom. The van der Waals surface area contributed by atoms with Crippen molar-refractivity contribution in [2.45, 2.75) is 38.6 Å². The predicted octanol–water partition coefficient (Wildman–Crippen LogP) is 3.69. The predicted molar refractivity (Wildman–Crippen MR) is 133 cm³/mol. The van der Waals surface area contributed by atoms with E-state index in [1.54, 1.807) is 0 Å². The van der Waals surface area contributed by atoms with Crippen molar-refractivity contribution in [1.82, 2.24) is 15.1 Å². The molecule has 2 aliphatic heterocycles. The number of carbonyl (C=O) groups is 1. The third-order valence-corrected chi connectivity index (χ3v) is 7.06. The maximum Gasteiger partial charge on any atom is 0.251 e. The lowest BCUT2D eigenvalue weighted by Crippen LogP contribution is -2.48. The summed E-state index contributed by atoms with van der Waals surface area (Å²) >= 11 is 0. The number of likely N-dealkylation sites (N-methyl/N-ethyl adjacent to an activating group) is 2. The van der Waals surface area contributed by atoms with Crippen molar-refractivity contribution in [3.05, 3.63) is 64.7 Å². The van der Waals surface area contributed by atoms with E-state index in [0.717, 1.165) is 44.7 Å². The fraction of sp³-hybridized carbons (Fsp3) is 0.519. The number of benzene rings is 2. The minimum absolute atomic E-state index is 0.00507. The molecule has 1 saturated heterocycles. The van der Waals surface area contributed by atoms with Crippen molar-refractivity contribution in [3.63, 3.8) is 0 Å². The van der Waals surface area contributed by atoms with E-state index in [-0.39, 0.29) is 17.4 Å². The van der Waals surface area contributed by atoms with Crippen molar-refractivity contribution in [2.75, 3.05) is 58.3 Å². The Morgan fingerprint density at radius 2 is 1.66 bits per heavy atom. The molecule has 0 aromatic heterocycles. The van der Waals surface area contributed by atoms with Gasteiger partial charge in [0.25, 0.3) is 5.91 Å². The Hall–Kier alpha value is -2.37. The standard InChI is InChI=1S/C27H38N4O/c1-27(2,3)23-9-6-20(7-10-23)26(32)28-19-25(31-16-14-29(4)15-17-31)21-8-11-24-22(18-21)12-13-30(24)5/h6-11,18,25H,12-17,19H2,1-5H3,(H,28,32). The van der Waals surface area contributed by atoms with Crippen LogP contribution in [0.2, 0.25) is 0 Å². The first-order valence-electron chi connectivity index (χ1n) is 11.9. The molecule has 1 amide bonds. The molecule has 172 valence electrons. The molecule has 2 aliphatic rings. The monoisotopic (exact) mass is 434 g/mol. The molecule has 1 unspecified atom stereocenters. The summed E-state index contributed by atoms with van der Waals surface area (Å²) in [6, 6.07) is 15.1. The topological polar surface area (TPSA) is 38.8 Å². The summed E-state index contributed by atoms with van der Waals surface area (Å²) in [5, 5.41) is 3.24. The van der Waals surface area contributed by atoms with E-state index < -0.39 is 0 Å². The minimum atomic E-state index is 0.00507. The van der Waals surface area contributed by atoms with Gasteiger partial charge in [0.2, 0.25) is 0 Å². The number of nitrogens with one attached hydrogen (secondary N) is 1. The van der Waals surface area contributed by atoms with E-state index in [1.807, 2.05) is 12.1 Å². The summed E-state index contributed by atoms with van der Waals surface area (Å²) in [5.74, 6) is 0.00507. The lowest BCUT2D eigenvalue weighted by atomic mass is 9.86. The van der Waals surface area contributed by atoms with Crippen LogP contribution >= 0.6 is 0 Å². The molecule has 5 nitrogen and oxygen atoms in total. The normalized spacial score (nSPS) is 18.5. The van der Waals surface area contributed by atoms with Crippen LogP contribution in [0.15, 0.2) is 42.5 Å². The molecule has 0 radical (unpaired) electrons. The molecular formula is C27H38N4O. The molecule has 0 spiro atoms. The van der Waals surface area contributed by atoms with Gasteiger partial charge in [0, 0.05) is 57.6 Å². The van der Waals surface area contributed by atoms with E-state index >= 15 is 0 Å². The molecule has 1 atom stereocenters. The van der Waals surface area contributed by atoms with Gasteiger partial charge in [-0.1, -0.05) is 45.0 Å². The number of hydrogen-bond donors (Lipinski definition) is 1. The van der Waals surface area contributed by atoms with Crippen LogP contribution in [0.3, 0.4) is 0 Å². The second-order valence-corrected chi connectivity index (χ2v) is 10.5. The minimum Gasteiger partial charge on any atom is -0.374 e. The van der Waals surface area contributed by atoms with Crippen LogP contribution in [0.5, 0.6) is 0 Å². The number of nitrogens with zero attached hydrogens (tertiary/aromatic N) is 3. The molecule has 0 bridgehead atoms. The molecule has 0 aliphatic carbocycles. The van der Waals surface area contributed by atoms with E-state index in [0.29, 0.717) is 6.54 Å². The van der Waals surface area contributed by atoms with Gasteiger partial charge in [0.1, 0.15) is 0 Å². The van der Waals surface area contributed by atoms with Gasteiger partial charge < -0.3 is 15.1 Å². The van der Waals surface area contributed by atoms with Crippen LogP contribution in [0.4, 0.5) is 5.69 Å². The summed E-state index contributed by atoms with van der Waals surface area (Å²) in [5.41, 5.74) is 6.13. The van der Waals surface area contributed by atoms with Gasteiger partial charge in [-0.25, -0.2) is 0 Å². The van der Waals surface area contributed by atoms with E-state index in [1.165, 1.54) is 22.4 Å². The van der Waals surface area contributed by atoms with Crippen LogP contribution in [0, 0.1) is 0 Å². The summed E-state index contributed by atoms with van der Waals surface area (Å²) in [4.78, 5) is 20.2. The van der Waals surface area contributed by atoms with Gasteiger partial charge in [-0.15, -0.1) is 0 Å². The van der Waals surface area contributed by atoms with Gasteiger partial charge >= 0.3 is 0 Å². The van der Waals surface area contributed by atoms with E-state index in [2.05, 4.69) is 85.2 Å². The highest BCUT2D eigenvalue weighted by Crippen LogP contribution is 2.31. The quantitative estimate of drug-likeness (QED) is 0.779. The fourth-order valence-electron chi connectivity index (χ4n) is 4.80. The fourth-order valence-corrected chi connectivity index (χ4v) is 4.80. The van der Waals surface area contributed by atoms with Crippen molar-refractivity contribution in [3.8, 4) is 0 Å². The summed E-state index contributed by atoms with van der Waals surface area (Å²) in [7, 11) is 4.34. The zero-order valence-electron chi connectivity index (χ0n) is 20.3. The molecule has 1 fully saturated rings. The zero-order valence-corrected chi connectivity index (χ0v) is 20.3. The largest absolute Gasteiger partial charge is 0.374 e.